The van der Waals surface area contributed by atoms with Crippen molar-refractivity contribution in [2.24, 2.45) is 5.14 Å². The molecule has 7 nitrogen and oxygen atoms in total. The number of hydrogen-bond donors (Lipinski definition) is 4. The molecule has 0 bridgehead atoms. The van der Waals surface area contributed by atoms with Crippen LogP contribution >= 0.6 is 0 Å². The number of benzene rings is 1. The molecule has 1 heterocycles. The fourth-order valence-corrected chi connectivity index (χ4v) is 2.65. The Labute approximate surface area is 121 Å². The van der Waals surface area contributed by atoms with E-state index in [1.165, 1.54) is 0 Å². The zero-order valence-corrected chi connectivity index (χ0v) is 11.9. The third kappa shape index (κ3) is 3.76. The van der Waals surface area contributed by atoms with E-state index < -0.39 is 39.5 Å². The second kappa shape index (κ2) is 6.06. The van der Waals surface area contributed by atoms with Gasteiger partial charge in [0, 0.05) is 6.54 Å². The van der Waals surface area contributed by atoms with Gasteiger partial charge in [0.1, 0.15) is 5.82 Å². The number of nitrogens with two attached hydrogens (primary N) is 1. The Balaban J connectivity index is 2.22. The molecule has 2 atom stereocenters. The highest BCUT2D eigenvalue weighted by atomic mass is 32.2. The van der Waals surface area contributed by atoms with Crippen LogP contribution in [0.2, 0.25) is 0 Å². The van der Waals surface area contributed by atoms with Crippen LogP contribution in [0.25, 0.3) is 0 Å². The second-order valence-corrected chi connectivity index (χ2v) is 6.39. The van der Waals surface area contributed by atoms with Gasteiger partial charge in [-0.25, -0.2) is 17.9 Å². The van der Waals surface area contributed by atoms with Crippen molar-refractivity contribution in [3.63, 3.8) is 0 Å². The summed E-state index contributed by atoms with van der Waals surface area (Å²) in [4.78, 5) is 11.7. The summed E-state index contributed by atoms with van der Waals surface area (Å²) in [7, 11) is -4.03. The van der Waals surface area contributed by atoms with Gasteiger partial charge in [-0.2, -0.15) is 0 Å². The van der Waals surface area contributed by atoms with Crippen LogP contribution in [-0.4, -0.2) is 44.7 Å². The molecule has 116 valence electrons. The summed E-state index contributed by atoms with van der Waals surface area (Å²) < 4.78 is 36.2. The number of β-amino-alcohol motifs (C(OH)–C–C–N with tert-alkyl or cyclic N) is 1. The van der Waals surface area contributed by atoms with Crippen molar-refractivity contribution in [1.29, 1.82) is 0 Å². The fraction of sp³-hybridized carbons (Fsp3) is 0.417. The Hall–Kier alpha value is -1.55. The summed E-state index contributed by atoms with van der Waals surface area (Å²) >= 11 is 0. The summed E-state index contributed by atoms with van der Waals surface area (Å²) in [5, 5.41) is 20.1. The smallest absolute Gasteiger partial charge is 0.254 e. The molecular weight excluding hydrogens is 301 g/mol. The summed E-state index contributed by atoms with van der Waals surface area (Å²) in [5.41, 5.74) is -0.424. The lowest BCUT2D eigenvalue weighted by Crippen LogP contribution is -2.52. The third-order valence-corrected chi connectivity index (χ3v) is 4.19. The second-order valence-electron chi connectivity index (χ2n) is 4.83. The molecule has 1 saturated heterocycles. The van der Waals surface area contributed by atoms with Gasteiger partial charge >= 0.3 is 0 Å². The van der Waals surface area contributed by atoms with Gasteiger partial charge in [0.2, 0.25) is 10.0 Å². The first kappa shape index (κ1) is 15.8. The van der Waals surface area contributed by atoms with Crippen LogP contribution in [0.1, 0.15) is 16.8 Å². The number of piperidine rings is 1. The highest BCUT2D eigenvalue weighted by Crippen LogP contribution is 2.15. The van der Waals surface area contributed by atoms with Crippen molar-refractivity contribution in [2.75, 3.05) is 13.1 Å². The average molecular weight is 317 g/mol. The summed E-state index contributed by atoms with van der Waals surface area (Å²) in [6, 6.07) is 2.22. The van der Waals surface area contributed by atoms with E-state index in [0.717, 1.165) is 18.2 Å². The largest absolute Gasteiger partial charge is 0.390 e. The topological polar surface area (TPSA) is 122 Å². The molecule has 0 saturated carbocycles. The first-order chi connectivity index (χ1) is 9.79. The van der Waals surface area contributed by atoms with Crippen LogP contribution in [0.4, 0.5) is 4.39 Å². The maximum absolute atomic E-state index is 13.7. The minimum absolute atomic E-state index is 0.324. The van der Waals surface area contributed by atoms with E-state index in [2.05, 4.69) is 10.6 Å². The number of sulfonamides is 1. The SMILES string of the molecule is NS(=O)(=O)c1ccc(F)c(C(=O)N[C@@H]2CCNC[C@H]2O)c1. The Bertz CT molecular complexity index is 650. The standard InChI is InChI=1S/C12H16FN3O4S/c13-9-2-1-7(21(14,19)20)5-8(9)12(18)16-10-3-4-15-6-11(10)17/h1-2,5,10-11,15,17H,3-4,6H2,(H,16,18)(H2,14,19,20)/t10-,11-/m1/s1. The van der Waals surface area contributed by atoms with E-state index in [0.29, 0.717) is 19.5 Å². The zero-order valence-electron chi connectivity index (χ0n) is 11.0. The Morgan fingerprint density at radius 1 is 1.48 bits per heavy atom. The van der Waals surface area contributed by atoms with Crippen LogP contribution in [0, 0.1) is 5.82 Å². The number of halogens is 1. The van der Waals surface area contributed by atoms with Crippen molar-refractivity contribution in [2.45, 2.75) is 23.5 Å². The number of carbonyl (C=O) groups is 1. The van der Waals surface area contributed by atoms with Gasteiger partial charge in [-0.1, -0.05) is 0 Å². The molecule has 5 N–H and O–H groups in total. The molecule has 9 heteroatoms. The Morgan fingerprint density at radius 2 is 2.19 bits per heavy atom. The lowest BCUT2D eigenvalue weighted by atomic mass is 10.0. The first-order valence-electron chi connectivity index (χ1n) is 6.31. The van der Waals surface area contributed by atoms with E-state index in [1.807, 2.05) is 0 Å². The highest BCUT2D eigenvalue weighted by molar-refractivity contribution is 7.89. The number of hydrogen-bond acceptors (Lipinski definition) is 5. The molecule has 2 rings (SSSR count). The molecule has 0 spiro atoms. The zero-order chi connectivity index (χ0) is 15.6. The minimum atomic E-state index is -4.03. The summed E-state index contributed by atoms with van der Waals surface area (Å²) in [5.74, 6) is -1.65. The number of primary sulfonamides is 1. The van der Waals surface area contributed by atoms with Gasteiger partial charge in [0.05, 0.1) is 22.6 Å². The third-order valence-electron chi connectivity index (χ3n) is 3.28. The van der Waals surface area contributed by atoms with Crippen LogP contribution < -0.4 is 15.8 Å². The molecular formula is C12H16FN3O4S. The van der Waals surface area contributed by atoms with Gasteiger partial charge in [-0.15, -0.1) is 0 Å². The number of nitrogens with one attached hydrogen (secondary N) is 2. The van der Waals surface area contributed by atoms with Crippen molar-refractivity contribution in [3.8, 4) is 0 Å². The molecule has 1 amide bonds. The van der Waals surface area contributed by atoms with Crippen molar-refractivity contribution in [3.05, 3.63) is 29.6 Å². The van der Waals surface area contributed by atoms with E-state index in [1.54, 1.807) is 0 Å². The van der Waals surface area contributed by atoms with Crippen molar-refractivity contribution in [1.82, 2.24) is 10.6 Å². The summed E-state index contributed by atoms with van der Waals surface area (Å²) in [6.45, 7) is 0.937. The van der Waals surface area contributed by atoms with Gasteiger partial charge in [0.25, 0.3) is 5.91 Å². The predicted molar refractivity (Wildman–Crippen MR) is 72.5 cm³/mol. The molecule has 1 aromatic carbocycles. The number of amides is 1. The fourth-order valence-electron chi connectivity index (χ4n) is 2.11. The van der Waals surface area contributed by atoms with E-state index in [-0.39, 0.29) is 4.90 Å². The predicted octanol–water partition coefficient (Wildman–Crippen LogP) is -1.07. The lowest BCUT2D eigenvalue weighted by molar-refractivity contribution is 0.0762. The quantitative estimate of drug-likeness (QED) is 0.565. The molecule has 1 aliphatic rings. The van der Waals surface area contributed by atoms with Gasteiger partial charge < -0.3 is 15.7 Å². The molecule has 1 aromatic rings. The van der Waals surface area contributed by atoms with Crippen LogP contribution in [0.15, 0.2) is 23.1 Å². The van der Waals surface area contributed by atoms with Gasteiger partial charge in [-0.05, 0) is 31.2 Å². The molecule has 0 radical (unpaired) electrons. The molecule has 1 fully saturated rings. The number of carbonyl (C=O) groups excluding carboxylic acids is 1. The van der Waals surface area contributed by atoms with E-state index >= 15 is 0 Å². The lowest BCUT2D eigenvalue weighted by Gasteiger charge is -2.29. The highest BCUT2D eigenvalue weighted by Gasteiger charge is 2.26. The normalized spacial score (nSPS) is 22.8. The first-order valence-corrected chi connectivity index (χ1v) is 7.85. The molecule has 0 aromatic heterocycles. The molecule has 21 heavy (non-hydrogen) atoms. The van der Waals surface area contributed by atoms with Crippen LogP contribution in [0.5, 0.6) is 0 Å². The van der Waals surface area contributed by atoms with Crippen molar-refractivity contribution < 1.29 is 22.7 Å². The molecule has 0 aliphatic carbocycles. The minimum Gasteiger partial charge on any atom is -0.390 e. The number of aliphatic hydroxyl groups is 1. The van der Waals surface area contributed by atoms with Gasteiger partial charge in [0.15, 0.2) is 0 Å². The van der Waals surface area contributed by atoms with E-state index in [9.17, 15) is 22.7 Å². The number of aliphatic hydroxyl groups excluding tert-OH is 1. The summed E-state index contributed by atoms with van der Waals surface area (Å²) in [6.07, 6.45) is -0.296. The van der Waals surface area contributed by atoms with E-state index in [4.69, 9.17) is 5.14 Å². The number of rotatable bonds is 3. The Kier molecular flexibility index (Phi) is 4.57. The van der Waals surface area contributed by atoms with Gasteiger partial charge in [-0.3, -0.25) is 4.79 Å². The monoisotopic (exact) mass is 317 g/mol. The Morgan fingerprint density at radius 3 is 2.81 bits per heavy atom. The molecule has 0 unspecified atom stereocenters. The maximum Gasteiger partial charge on any atom is 0.254 e. The van der Waals surface area contributed by atoms with Crippen LogP contribution in [-0.2, 0) is 10.0 Å². The van der Waals surface area contributed by atoms with Crippen molar-refractivity contribution >= 4 is 15.9 Å². The average Bonchev–Trinajstić information content (AvgIpc) is 2.40. The van der Waals surface area contributed by atoms with Crippen LogP contribution in [0.3, 0.4) is 0 Å². The maximum atomic E-state index is 13.7. The molecule has 1 aliphatic heterocycles.